The Kier molecular flexibility index (Phi) is 4.48. The standard InChI is InChI=1S/C19H16N4O3S2/c1-12-15(11-20-23(12)13-6-4-3-5-7-13)18(24)22-19-21-16-9-8-14(28(2,25)26)10-17(16)27-19/h3-11H,1-2H3,(H,21,22,24). The SMILES string of the molecule is Cc1c(C(=O)Nc2nc3ccc(S(C)(=O)=O)cc3s2)cnn1-c1ccccc1. The van der Waals surface area contributed by atoms with Crippen molar-refractivity contribution in [2.24, 2.45) is 0 Å². The van der Waals surface area contributed by atoms with Crippen LogP contribution in [-0.2, 0) is 9.84 Å². The van der Waals surface area contributed by atoms with E-state index in [9.17, 15) is 13.2 Å². The molecule has 0 atom stereocenters. The number of nitrogens with one attached hydrogen (secondary N) is 1. The van der Waals surface area contributed by atoms with Gasteiger partial charge in [0, 0.05) is 6.26 Å². The van der Waals surface area contributed by atoms with Crippen LogP contribution in [0.2, 0.25) is 0 Å². The second-order valence-electron chi connectivity index (χ2n) is 6.27. The van der Waals surface area contributed by atoms with Crippen LogP contribution in [0, 0.1) is 6.92 Å². The lowest BCUT2D eigenvalue weighted by atomic mass is 10.2. The van der Waals surface area contributed by atoms with Crippen LogP contribution in [0.15, 0.2) is 59.6 Å². The van der Waals surface area contributed by atoms with Gasteiger partial charge in [-0.3, -0.25) is 10.1 Å². The lowest BCUT2D eigenvalue weighted by molar-refractivity contribution is 0.102. The molecule has 0 unspecified atom stereocenters. The van der Waals surface area contributed by atoms with Crippen LogP contribution in [0.4, 0.5) is 5.13 Å². The average Bonchev–Trinajstić information content (AvgIpc) is 3.23. The van der Waals surface area contributed by atoms with Gasteiger partial charge in [-0.05, 0) is 37.3 Å². The van der Waals surface area contributed by atoms with Crippen molar-refractivity contribution in [3.63, 3.8) is 0 Å². The molecule has 1 N–H and O–H groups in total. The van der Waals surface area contributed by atoms with Gasteiger partial charge in [0.1, 0.15) is 0 Å². The highest BCUT2D eigenvalue weighted by Crippen LogP contribution is 2.28. The number of hydrogen-bond acceptors (Lipinski definition) is 6. The van der Waals surface area contributed by atoms with Crippen molar-refractivity contribution in [2.75, 3.05) is 11.6 Å². The summed E-state index contributed by atoms with van der Waals surface area (Å²) >= 11 is 1.22. The van der Waals surface area contributed by atoms with E-state index >= 15 is 0 Å². The first-order valence-electron chi connectivity index (χ1n) is 8.35. The van der Waals surface area contributed by atoms with E-state index in [4.69, 9.17) is 0 Å². The topological polar surface area (TPSA) is 93.9 Å². The van der Waals surface area contributed by atoms with E-state index in [-0.39, 0.29) is 10.8 Å². The molecule has 0 saturated heterocycles. The van der Waals surface area contributed by atoms with Gasteiger partial charge in [0.15, 0.2) is 15.0 Å². The molecule has 0 aliphatic heterocycles. The first-order valence-corrected chi connectivity index (χ1v) is 11.1. The largest absolute Gasteiger partial charge is 0.298 e. The lowest BCUT2D eigenvalue weighted by Crippen LogP contribution is -2.12. The van der Waals surface area contributed by atoms with Gasteiger partial charge in [-0.25, -0.2) is 18.1 Å². The number of carbonyl (C=O) groups excluding carboxylic acids is 1. The minimum absolute atomic E-state index is 0.224. The fourth-order valence-corrected chi connectivity index (χ4v) is 4.44. The number of para-hydroxylation sites is 1. The molecule has 0 aliphatic carbocycles. The summed E-state index contributed by atoms with van der Waals surface area (Å²) < 4.78 is 25.8. The van der Waals surface area contributed by atoms with Gasteiger partial charge in [0.2, 0.25) is 0 Å². The fraction of sp³-hybridized carbons (Fsp3) is 0.105. The lowest BCUT2D eigenvalue weighted by Gasteiger charge is -2.05. The molecule has 28 heavy (non-hydrogen) atoms. The number of amides is 1. The van der Waals surface area contributed by atoms with Crippen LogP contribution in [-0.4, -0.2) is 35.3 Å². The van der Waals surface area contributed by atoms with E-state index in [1.54, 1.807) is 16.8 Å². The molecule has 4 rings (SSSR count). The Morgan fingerprint density at radius 2 is 1.89 bits per heavy atom. The van der Waals surface area contributed by atoms with Gasteiger partial charge >= 0.3 is 0 Å². The predicted molar refractivity (Wildman–Crippen MR) is 109 cm³/mol. The Morgan fingerprint density at radius 3 is 2.61 bits per heavy atom. The maximum absolute atomic E-state index is 12.7. The molecular formula is C19H16N4O3S2. The Labute approximate surface area is 165 Å². The summed E-state index contributed by atoms with van der Waals surface area (Å²) in [6.45, 7) is 1.83. The van der Waals surface area contributed by atoms with Gasteiger partial charge < -0.3 is 0 Å². The van der Waals surface area contributed by atoms with Gasteiger partial charge in [-0.15, -0.1) is 0 Å². The van der Waals surface area contributed by atoms with Gasteiger partial charge in [0.25, 0.3) is 5.91 Å². The number of benzene rings is 2. The number of fused-ring (bicyclic) bond motifs is 1. The van der Waals surface area contributed by atoms with Crippen LogP contribution in [0.25, 0.3) is 15.9 Å². The molecular weight excluding hydrogens is 396 g/mol. The number of anilines is 1. The van der Waals surface area contributed by atoms with Crippen LogP contribution >= 0.6 is 11.3 Å². The molecule has 2 heterocycles. The summed E-state index contributed by atoms with van der Waals surface area (Å²) in [5, 5.41) is 7.48. The van der Waals surface area contributed by atoms with Gasteiger partial charge in [-0.2, -0.15) is 5.10 Å². The molecule has 0 saturated carbocycles. The third-order valence-electron chi connectivity index (χ3n) is 4.26. The van der Waals surface area contributed by atoms with E-state index < -0.39 is 9.84 Å². The molecule has 1 amide bonds. The minimum atomic E-state index is -3.30. The molecule has 4 aromatic rings. The quantitative estimate of drug-likeness (QED) is 0.554. The van der Waals surface area contributed by atoms with Crippen molar-refractivity contribution in [1.82, 2.24) is 14.8 Å². The first kappa shape index (κ1) is 18.3. The molecule has 9 heteroatoms. The highest BCUT2D eigenvalue weighted by Gasteiger charge is 2.17. The number of carbonyl (C=O) groups is 1. The smallest absolute Gasteiger partial charge is 0.260 e. The van der Waals surface area contributed by atoms with Gasteiger partial charge in [0.05, 0.1) is 38.3 Å². The first-order chi connectivity index (χ1) is 13.3. The molecule has 2 aromatic carbocycles. The predicted octanol–water partition coefficient (Wildman–Crippen LogP) is 3.45. The Balaban J connectivity index is 1.61. The zero-order chi connectivity index (χ0) is 19.9. The Morgan fingerprint density at radius 1 is 1.14 bits per heavy atom. The van der Waals surface area contributed by atoms with Crippen molar-refractivity contribution in [3.05, 3.63) is 66.0 Å². The fourth-order valence-electron chi connectivity index (χ4n) is 2.82. The molecule has 7 nitrogen and oxygen atoms in total. The third kappa shape index (κ3) is 3.41. The molecule has 0 radical (unpaired) electrons. The maximum Gasteiger partial charge on any atom is 0.260 e. The van der Waals surface area contributed by atoms with Crippen LogP contribution < -0.4 is 5.32 Å². The molecule has 0 bridgehead atoms. The van der Waals surface area contributed by atoms with E-state index in [1.807, 2.05) is 37.3 Å². The molecule has 0 aliphatic rings. The normalized spacial score (nSPS) is 11.6. The van der Waals surface area contributed by atoms with Crippen molar-refractivity contribution in [1.29, 1.82) is 0 Å². The number of thiazole rings is 1. The summed E-state index contributed by atoms with van der Waals surface area (Å²) in [5.41, 5.74) is 2.65. The summed E-state index contributed by atoms with van der Waals surface area (Å²) in [4.78, 5) is 17.3. The Bertz CT molecular complexity index is 1290. The van der Waals surface area contributed by atoms with E-state index in [0.717, 1.165) is 11.9 Å². The number of rotatable bonds is 4. The van der Waals surface area contributed by atoms with E-state index in [0.29, 0.717) is 26.6 Å². The highest BCUT2D eigenvalue weighted by atomic mass is 32.2. The summed E-state index contributed by atoms with van der Waals surface area (Å²) in [5.74, 6) is -0.318. The average molecular weight is 412 g/mol. The molecule has 0 fully saturated rings. The summed E-state index contributed by atoms with van der Waals surface area (Å²) in [6, 6.07) is 14.3. The zero-order valence-electron chi connectivity index (χ0n) is 15.1. The minimum Gasteiger partial charge on any atom is -0.298 e. The highest BCUT2D eigenvalue weighted by molar-refractivity contribution is 7.90. The second-order valence-corrected chi connectivity index (χ2v) is 9.31. The molecule has 0 spiro atoms. The maximum atomic E-state index is 12.7. The van der Waals surface area contributed by atoms with E-state index in [2.05, 4.69) is 15.4 Å². The van der Waals surface area contributed by atoms with Crippen molar-refractivity contribution in [3.8, 4) is 5.69 Å². The number of sulfone groups is 1. The third-order valence-corrected chi connectivity index (χ3v) is 6.31. The molecule has 142 valence electrons. The van der Waals surface area contributed by atoms with Crippen LogP contribution in [0.3, 0.4) is 0 Å². The molecule has 2 aromatic heterocycles. The number of nitrogens with zero attached hydrogens (tertiary/aromatic N) is 3. The summed E-state index contributed by atoms with van der Waals surface area (Å²) in [7, 11) is -3.30. The van der Waals surface area contributed by atoms with E-state index in [1.165, 1.54) is 23.6 Å². The number of aromatic nitrogens is 3. The van der Waals surface area contributed by atoms with Crippen molar-refractivity contribution < 1.29 is 13.2 Å². The van der Waals surface area contributed by atoms with Crippen LogP contribution in [0.1, 0.15) is 16.1 Å². The van der Waals surface area contributed by atoms with Crippen molar-refractivity contribution in [2.45, 2.75) is 11.8 Å². The summed E-state index contributed by atoms with van der Waals surface area (Å²) in [6.07, 6.45) is 2.68. The zero-order valence-corrected chi connectivity index (χ0v) is 16.7. The van der Waals surface area contributed by atoms with Crippen LogP contribution in [0.5, 0.6) is 0 Å². The van der Waals surface area contributed by atoms with Gasteiger partial charge in [-0.1, -0.05) is 29.5 Å². The Hall–Kier alpha value is -3.04. The van der Waals surface area contributed by atoms with Crippen molar-refractivity contribution >= 4 is 42.4 Å². The second kappa shape index (κ2) is 6.84. The number of hydrogen-bond donors (Lipinski definition) is 1. The monoisotopic (exact) mass is 412 g/mol.